The van der Waals surface area contributed by atoms with Crippen LogP contribution in [0.1, 0.15) is 224 Å². The van der Waals surface area contributed by atoms with Gasteiger partial charge in [0.2, 0.25) is 5.91 Å². The lowest BCUT2D eigenvalue weighted by Crippen LogP contribution is -2.14. The highest BCUT2D eigenvalue weighted by molar-refractivity contribution is 6.00. The van der Waals surface area contributed by atoms with Crippen LogP contribution in [0.15, 0.2) is 24.3 Å². The van der Waals surface area contributed by atoms with E-state index in [0.717, 1.165) is 24.7 Å². The molecule has 2 atom stereocenters. The second kappa shape index (κ2) is 31.4. The van der Waals surface area contributed by atoms with Gasteiger partial charge in [-0.2, -0.15) is 0 Å². The van der Waals surface area contributed by atoms with Gasteiger partial charge < -0.3 is 10.4 Å². The molecule has 2 N–H and O–H groups in total. The minimum absolute atomic E-state index is 0.0935. The maximum Gasteiger partial charge on any atom is 0.337 e. The number of anilines is 1. The van der Waals surface area contributed by atoms with Gasteiger partial charge in [0, 0.05) is 6.42 Å². The molecular formula is C43H77NO3. The highest BCUT2D eigenvalue weighted by Crippen LogP contribution is 2.30. The van der Waals surface area contributed by atoms with Gasteiger partial charge in [0.1, 0.15) is 0 Å². The first-order chi connectivity index (χ1) is 23.0. The third kappa shape index (κ3) is 24.9. The molecule has 0 fully saturated rings. The first kappa shape index (κ1) is 43.2. The van der Waals surface area contributed by atoms with Crippen LogP contribution in [0.2, 0.25) is 0 Å². The maximum absolute atomic E-state index is 12.3. The molecule has 272 valence electrons. The molecular weight excluding hydrogens is 578 g/mol. The van der Waals surface area contributed by atoms with Crippen LogP contribution < -0.4 is 5.32 Å². The SMILES string of the molecule is CCCCCCCCCCCCCCCCC(C)C(CCCCCCCC)CCCCCCCCC(=O)Nc1ccccc1C(=O)O. The van der Waals surface area contributed by atoms with Gasteiger partial charge in [0.05, 0.1) is 11.3 Å². The Kier molecular flexibility index (Phi) is 28.9. The van der Waals surface area contributed by atoms with E-state index in [1.807, 2.05) is 0 Å². The predicted molar refractivity (Wildman–Crippen MR) is 205 cm³/mol. The number of aromatic carboxylic acids is 1. The van der Waals surface area contributed by atoms with E-state index in [9.17, 15) is 14.7 Å². The number of benzene rings is 1. The highest BCUT2D eigenvalue weighted by Gasteiger charge is 2.17. The van der Waals surface area contributed by atoms with Crippen LogP contribution in [0.4, 0.5) is 5.69 Å². The lowest BCUT2D eigenvalue weighted by molar-refractivity contribution is -0.116. The summed E-state index contributed by atoms with van der Waals surface area (Å²) in [5.74, 6) is 0.636. The summed E-state index contributed by atoms with van der Waals surface area (Å²) in [6, 6.07) is 6.61. The Balaban J connectivity index is 2.19. The molecule has 0 spiro atoms. The molecule has 0 aliphatic carbocycles. The molecule has 1 amide bonds. The van der Waals surface area contributed by atoms with Crippen molar-refractivity contribution in [3.63, 3.8) is 0 Å². The van der Waals surface area contributed by atoms with Crippen molar-refractivity contribution in [3.05, 3.63) is 29.8 Å². The summed E-state index contributed by atoms with van der Waals surface area (Å²) in [5.41, 5.74) is 0.531. The highest BCUT2D eigenvalue weighted by atomic mass is 16.4. The molecule has 0 radical (unpaired) electrons. The van der Waals surface area contributed by atoms with E-state index in [0.29, 0.717) is 12.1 Å². The van der Waals surface area contributed by atoms with Gasteiger partial charge >= 0.3 is 5.97 Å². The molecule has 0 saturated carbocycles. The minimum Gasteiger partial charge on any atom is -0.478 e. The van der Waals surface area contributed by atoms with E-state index < -0.39 is 5.97 Å². The Hall–Kier alpha value is -1.84. The van der Waals surface area contributed by atoms with Gasteiger partial charge in [0.15, 0.2) is 0 Å². The van der Waals surface area contributed by atoms with Crippen LogP contribution >= 0.6 is 0 Å². The molecule has 0 heterocycles. The van der Waals surface area contributed by atoms with Crippen molar-refractivity contribution < 1.29 is 14.7 Å². The zero-order chi connectivity index (χ0) is 34.2. The number of nitrogens with one attached hydrogen (secondary N) is 1. The zero-order valence-electron chi connectivity index (χ0n) is 31.4. The van der Waals surface area contributed by atoms with E-state index in [4.69, 9.17) is 0 Å². The number of carboxylic acid groups (broad SMARTS) is 1. The monoisotopic (exact) mass is 656 g/mol. The van der Waals surface area contributed by atoms with Gasteiger partial charge in [-0.05, 0) is 30.4 Å². The van der Waals surface area contributed by atoms with Crippen molar-refractivity contribution in [3.8, 4) is 0 Å². The molecule has 4 heteroatoms. The fraction of sp³-hybridized carbons (Fsp3) is 0.814. The van der Waals surface area contributed by atoms with Gasteiger partial charge in [-0.15, -0.1) is 0 Å². The lowest BCUT2D eigenvalue weighted by atomic mass is 9.81. The van der Waals surface area contributed by atoms with Crippen molar-refractivity contribution in [2.24, 2.45) is 11.8 Å². The minimum atomic E-state index is -1.01. The summed E-state index contributed by atoms with van der Waals surface area (Å²) in [7, 11) is 0. The third-order valence-electron chi connectivity index (χ3n) is 10.4. The van der Waals surface area contributed by atoms with Crippen molar-refractivity contribution in [1.29, 1.82) is 0 Å². The zero-order valence-corrected chi connectivity index (χ0v) is 31.4. The molecule has 0 aliphatic heterocycles. The van der Waals surface area contributed by atoms with Crippen LogP contribution in [0.25, 0.3) is 0 Å². The van der Waals surface area contributed by atoms with Crippen LogP contribution in [-0.4, -0.2) is 17.0 Å². The van der Waals surface area contributed by atoms with Crippen molar-refractivity contribution in [2.75, 3.05) is 5.32 Å². The molecule has 1 rings (SSSR count). The average molecular weight is 656 g/mol. The Morgan fingerprint density at radius 3 is 1.38 bits per heavy atom. The van der Waals surface area contributed by atoms with E-state index in [1.54, 1.807) is 18.2 Å². The largest absolute Gasteiger partial charge is 0.478 e. The van der Waals surface area contributed by atoms with Crippen LogP contribution in [0.3, 0.4) is 0 Å². The summed E-state index contributed by atoms with van der Waals surface area (Å²) in [6.07, 6.45) is 40.1. The second-order valence-electron chi connectivity index (χ2n) is 14.7. The van der Waals surface area contributed by atoms with Crippen LogP contribution in [-0.2, 0) is 4.79 Å². The normalized spacial score (nSPS) is 12.7. The molecule has 0 aromatic heterocycles. The van der Waals surface area contributed by atoms with E-state index in [2.05, 4.69) is 26.1 Å². The number of carbonyl (C=O) groups excluding carboxylic acids is 1. The fourth-order valence-corrected chi connectivity index (χ4v) is 7.19. The number of rotatable bonds is 34. The molecule has 47 heavy (non-hydrogen) atoms. The Labute approximate surface area is 292 Å². The van der Waals surface area contributed by atoms with Crippen LogP contribution in [0, 0.1) is 11.8 Å². The molecule has 1 aromatic carbocycles. The first-order valence-corrected chi connectivity index (χ1v) is 20.6. The van der Waals surface area contributed by atoms with Gasteiger partial charge in [0.25, 0.3) is 0 Å². The molecule has 0 bridgehead atoms. The molecule has 2 unspecified atom stereocenters. The summed E-state index contributed by atoms with van der Waals surface area (Å²) in [5, 5.41) is 12.1. The number of amides is 1. The summed E-state index contributed by atoms with van der Waals surface area (Å²) < 4.78 is 0. The van der Waals surface area contributed by atoms with E-state index in [1.165, 1.54) is 179 Å². The van der Waals surface area contributed by atoms with Crippen LogP contribution in [0.5, 0.6) is 0 Å². The standard InChI is InChI=1S/C43H77NO3/c1-4-6-8-10-12-13-14-15-16-17-18-19-22-26-32-38(3)39(33-27-23-11-9-7-5-2)34-28-24-20-21-25-29-37-42(45)44-41-36-31-30-35-40(41)43(46)47/h30-31,35-36,38-39H,4-29,32-34,37H2,1-3H3,(H,44,45)(H,46,47). The number of carboxylic acids is 1. The molecule has 4 nitrogen and oxygen atoms in total. The summed E-state index contributed by atoms with van der Waals surface area (Å²) >= 11 is 0. The average Bonchev–Trinajstić information content (AvgIpc) is 3.06. The predicted octanol–water partition coefficient (Wildman–Crippen LogP) is 14.3. The summed E-state index contributed by atoms with van der Waals surface area (Å²) in [4.78, 5) is 23.7. The van der Waals surface area contributed by atoms with E-state index >= 15 is 0 Å². The molecule has 0 aliphatic rings. The van der Waals surface area contributed by atoms with Gasteiger partial charge in [-0.25, -0.2) is 4.79 Å². The van der Waals surface area contributed by atoms with Crippen molar-refractivity contribution in [1.82, 2.24) is 0 Å². The number of unbranched alkanes of at least 4 members (excludes halogenated alkanes) is 23. The topological polar surface area (TPSA) is 66.4 Å². The lowest BCUT2D eigenvalue weighted by Gasteiger charge is -2.24. The Morgan fingerprint density at radius 1 is 0.553 bits per heavy atom. The van der Waals surface area contributed by atoms with Gasteiger partial charge in [-0.3, -0.25) is 4.79 Å². The number of para-hydroxylation sites is 1. The Morgan fingerprint density at radius 2 is 0.936 bits per heavy atom. The van der Waals surface area contributed by atoms with E-state index in [-0.39, 0.29) is 11.5 Å². The van der Waals surface area contributed by atoms with Gasteiger partial charge in [-0.1, -0.05) is 213 Å². The smallest absolute Gasteiger partial charge is 0.337 e. The Bertz CT molecular complexity index is 868. The summed E-state index contributed by atoms with van der Waals surface area (Å²) in [6.45, 7) is 7.15. The quantitative estimate of drug-likeness (QED) is 0.0726. The number of hydrogen-bond acceptors (Lipinski definition) is 2. The third-order valence-corrected chi connectivity index (χ3v) is 10.4. The number of carbonyl (C=O) groups is 2. The first-order valence-electron chi connectivity index (χ1n) is 20.6. The van der Waals surface area contributed by atoms with Crippen molar-refractivity contribution >= 4 is 17.6 Å². The maximum atomic E-state index is 12.3. The fourth-order valence-electron chi connectivity index (χ4n) is 7.19. The second-order valence-corrected chi connectivity index (χ2v) is 14.7. The molecule has 0 saturated heterocycles. The number of hydrogen-bond donors (Lipinski definition) is 2. The molecule has 1 aromatic rings. The van der Waals surface area contributed by atoms with Crippen molar-refractivity contribution in [2.45, 2.75) is 213 Å².